The molecule has 1 heterocycles. The molecule has 0 fully saturated rings. The van der Waals surface area contributed by atoms with Crippen molar-refractivity contribution in [1.82, 2.24) is 9.59 Å². The molecule has 0 radical (unpaired) electrons. The maximum absolute atomic E-state index is 11.8. The molecule has 0 spiro atoms. The zero-order valence-corrected chi connectivity index (χ0v) is 7.80. The lowest BCUT2D eigenvalue weighted by Gasteiger charge is -2.09. The first-order chi connectivity index (χ1) is 6.59. The van der Waals surface area contributed by atoms with Crippen molar-refractivity contribution in [3.8, 4) is 0 Å². The highest BCUT2D eigenvalue weighted by molar-refractivity contribution is 7.10. The third kappa shape index (κ3) is 3.30. The van der Waals surface area contributed by atoms with Gasteiger partial charge in [-0.3, -0.25) is 4.79 Å². The van der Waals surface area contributed by atoms with E-state index in [1.54, 1.807) is 0 Å². The molecule has 5 nitrogen and oxygen atoms in total. The Hall–Kier alpha value is -1.15. The lowest BCUT2D eigenvalue weighted by Crippen LogP contribution is -2.36. The van der Waals surface area contributed by atoms with Crippen molar-refractivity contribution < 1.29 is 13.6 Å². The number of nitrogens with zero attached hydrogens (tertiary/aromatic N) is 2. The van der Waals surface area contributed by atoms with Crippen LogP contribution in [0.25, 0.3) is 0 Å². The Balaban J connectivity index is 2.42. The standard InChI is InChI=1S/C6H8F2N4OS/c7-4(8)1-3(9)6(13)11-5-2-10-12-14-5/h2-4H,1,9H2,(H,11,13). The number of nitrogens with two attached hydrogens (primary N) is 1. The topological polar surface area (TPSA) is 80.9 Å². The van der Waals surface area contributed by atoms with Crippen molar-refractivity contribution in [1.29, 1.82) is 0 Å². The summed E-state index contributed by atoms with van der Waals surface area (Å²) >= 11 is 0.951. The summed E-state index contributed by atoms with van der Waals surface area (Å²) in [5.74, 6) is -0.656. The van der Waals surface area contributed by atoms with E-state index in [2.05, 4.69) is 14.9 Å². The van der Waals surface area contributed by atoms with Gasteiger partial charge in [0.25, 0.3) is 0 Å². The molecular formula is C6H8F2N4OS. The quantitative estimate of drug-likeness (QED) is 0.775. The van der Waals surface area contributed by atoms with Gasteiger partial charge in [-0.05, 0) is 0 Å². The van der Waals surface area contributed by atoms with Crippen LogP contribution in [0.4, 0.5) is 13.8 Å². The van der Waals surface area contributed by atoms with E-state index in [1.165, 1.54) is 6.20 Å². The third-order valence-corrected chi connectivity index (χ3v) is 1.96. The fraction of sp³-hybridized carbons (Fsp3) is 0.500. The average Bonchev–Trinajstić information content (AvgIpc) is 2.55. The van der Waals surface area contributed by atoms with Crippen LogP contribution in [-0.4, -0.2) is 28.0 Å². The monoisotopic (exact) mass is 222 g/mol. The molecule has 0 aliphatic heterocycles. The van der Waals surface area contributed by atoms with Crippen molar-refractivity contribution in [2.24, 2.45) is 5.73 Å². The maximum atomic E-state index is 11.8. The van der Waals surface area contributed by atoms with Crippen LogP contribution in [0.15, 0.2) is 6.20 Å². The number of hydrogen-bond donors (Lipinski definition) is 2. The molecule has 1 atom stereocenters. The van der Waals surface area contributed by atoms with Crippen LogP contribution in [0.1, 0.15) is 6.42 Å². The first kappa shape index (κ1) is 10.9. The van der Waals surface area contributed by atoms with Gasteiger partial charge in [0.1, 0.15) is 5.00 Å². The molecule has 1 amide bonds. The molecule has 1 rings (SSSR count). The van der Waals surface area contributed by atoms with Gasteiger partial charge in [-0.1, -0.05) is 4.49 Å². The number of anilines is 1. The number of aromatic nitrogens is 2. The molecule has 1 unspecified atom stereocenters. The van der Waals surface area contributed by atoms with Crippen LogP contribution in [0.3, 0.4) is 0 Å². The lowest BCUT2D eigenvalue weighted by atomic mass is 10.2. The number of halogens is 2. The summed E-state index contributed by atoms with van der Waals surface area (Å²) in [6, 6.07) is -1.21. The van der Waals surface area contributed by atoms with Gasteiger partial charge < -0.3 is 11.1 Å². The second kappa shape index (κ2) is 4.91. The van der Waals surface area contributed by atoms with Gasteiger partial charge >= 0.3 is 0 Å². The summed E-state index contributed by atoms with van der Waals surface area (Å²) in [6.45, 7) is 0. The van der Waals surface area contributed by atoms with Crippen LogP contribution in [0, 0.1) is 0 Å². The number of hydrogen-bond acceptors (Lipinski definition) is 5. The molecule has 8 heteroatoms. The van der Waals surface area contributed by atoms with Crippen molar-refractivity contribution in [3.63, 3.8) is 0 Å². The van der Waals surface area contributed by atoms with Crippen molar-refractivity contribution in [3.05, 3.63) is 6.20 Å². The fourth-order valence-corrected chi connectivity index (χ4v) is 1.16. The molecule has 0 aromatic carbocycles. The third-order valence-electron chi connectivity index (χ3n) is 1.38. The number of nitrogens with one attached hydrogen (secondary N) is 1. The maximum Gasteiger partial charge on any atom is 0.242 e. The summed E-state index contributed by atoms with van der Waals surface area (Å²) in [5, 5.41) is 6.17. The molecule has 0 aliphatic rings. The Morgan fingerprint density at radius 3 is 2.93 bits per heavy atom. The summed E-state index contributed by atoms with van der Waals surface area (Å²) < 4.78 is 27.2. The first-order valence-corrected chi connectivity index (χ1v) is 4.49. The molecule has 0 bridgehead atoms. The van der Waals surface area contributed by atoms with Crippen molar-refractivity contribution in [2.75, 3.05) is 5.32 Å². The Labute approximate surface area is 82.5 Å². The highest BCUT2D eigenvalue weighted by Gasteiger charge is 2.18. The van der Waals surface area contributed by atoms with Gasteiger partial charge in [0.15, 0.2) is 0 Å². The predicted molar refractivity (Wildman–Crippen MR) is 47.1 cm³/mol. The van der Waals surface area contributed by atoms with Crippen LogP contribution in [0.5, 0.6) is 0 Å². The van der Waals surface area contributed by atoms with Gasteiger partial charge in [-0.2, -0.15) is 0 Å². The Kier molecular flexibility index (Phi) is 3.84. The molecule has 0 saturated carbocycles. The second-order valence-corrected chi connectivity index (χ2v) is 3.29. The van der Waals surface area contributed by atoms with Gasteiger partial charge in [-0.15, -0.1) is 5.10 Å². The van der Waals surface area contributed by atoms with Crippen molar-refractivity contribution in [2.45, 2.75) is 18.9 Å². The Bertz CT molecular complexity index is 292. The minimum absolute atomic E-state index is 0.389. The summed E-state index contributed by atoms with van der Waals surface area (Å²) in [4.78, 5) is 11.1. The predicted octanol–water partition coefficient (Wildman–Crippen LogP) is 0.459. The van der Waals surface area contributed by atoms with Crippen LogP contribution in [0.2, 0.25) is 0 Å². The number of rotatable bonds is 4. The van der Waals surface area contributed by atoms with Crippen LogP contribution in [-0.2, 0) is 4.79 Å². The first-order valence-electron chi connectivity index (χ1n) is 3.71. The smallest absolute Gasteiger partial charge is 0.242 e. The zero-order valence-electron chi connectivity index (χ0n) is 6.98. The van der Waals surface area contributed by atoms with E-state index < -0.39 is 24.8 Å². The SMILES string of the molecule is NC(CC(F)F)C(=O)Nc1cnns1. The van der Waals surface area contributed by atoms with Gasteiger partial charge in [0.05, 0.1) is 12.2 Å². The van der Waals surface area contributed by atoms with Gasteiger partial charge in [-0.25, -0.2) is 8.78 Å². The summed E-state index contributed by atoms with van der Waals surface area (Å²) in [6.07, 6.45) is -1.93. The molecule has 1 aromatic rings. The minimum Gasteiger partial charge on any atom is -0.320 e. The second-order valence-electron chi connectivity index (χ2n) is 2.50. The summed E-state index contributed by atoms with van der Waals surface area (Å²) in [5.41, 5.74) is 5.21. The normalized spacial score (nSPS) is 12.9. The number of alkyl halides is 2. The Morgan fingerprint density at radius 1 is 1.71 bits per heavy atom. The summed E-state index contributed by atoms with van der Waals surface area (Å²) in [7, 11) is 0. The molecule has 14 heavy (non-hydrogen) atoms. The molecule has 0 saturated heterocycles. The molecule has 1 aromatic heterocycles. The molecule has 78 valence electrons. The number of carbonyl (C=O) groups is 1. The van der Waals surface area contributed by atoms with E-state index >= 15 is 0 Å². The van der Waals surface area contributed by atoms with Gasteiger partial charge in [0.2, 0.25) is 12.3 Å². The zero-order chi connectivity index (χ0) is 10.6. The molecule has 3 N–H and O–H groups in total. The highest BCUT2D eigenvalue weighted by Crippen LogP contribution is 2.10. The average molecular weight is 222 g/mol. The van der Waals surface area contributed by atoms with Crippen LogP contribution < -0.4 is 11.1 Å². The number of amides is 1. The minimum atomic E-state index is -2.59. The van der Waals surface area contributed by atoms with E-state index in [1.807, 2.05) is 0 Å². The molecule has 0 aliphatic carbocycles. The Morgan fingerprint density at radius 2 is 2.43 bits per heavy atom. The van der Waals surface area contributed by atoms with E-state index in [0.29, 0.717) is 5.00 Å². The molecular weight excluding hydrogens is 214 g/mol. The fourth-order valence-electron chi connectivity index (χ4n) is 0.735. The van der Waals surface area contributed by atoms with E-state index in [0.717, 1.165) is 11.5 Å². The van der Waals surface area contributed by atoms with E-state index in [-0.39, 0.29) is 0 Å². The van der Waals surface area contributed by atoms with Crippen molar-refractivity contribution >= 4 is 22.4 Å². The van der Waals surface area contributed by atoms with Crippen LogP contribution >= 0.6 is 11.5 Å². The number of carbonyl (C=O) groups excluding carboxylic acids is 1. The lowest BCUT2D eigenvalue weighted by molar-refractivity contribution is -0.118. The van der Waals surface area contributed by atoms with E-state index in [9.17, 15) is 13.6 Å². The largest absolute Gasteiger partial charge is 0.320 e. The van der Waals surface area contributed by atoms with E-state index in [4.69, 9.17) is 5.73 Å². The van der Waals surface area contributed by atoms with Gasteiger partial charge in [0, 0.05) is 18.0 Å². The highest BCUT2D eigenvalue weighted by atomic mass is 32.1.